The molecule has 1 saturated heterocycles. The minimum atomic E-state index is -0.872. The zero-order chi connectivity index (χ0) is 19.3. The van der Waals surface area contributed by atoms with Crippen molar-refractivity contribution in [1.29, 1.82) is 0 Å². The Balaban J connectivity index is 1.45. The van der Waals surface area contributed by atoms with Gasteiger partial charge in [-0.25, -0.2) is 0 Å². The van der Waals surface area contributed by atoms with Crippen molar-refractivity contribution >= 4 is 5.97 Å². The fourth-order valence-corrected chi connectivity index (χ4v) is 4.18. The molecule has 7 heteroatoms. The number of rotatable bonds is 4. The van der Waals surface area contributed by atoms with Crippen LogP contribution < -0.4 is 18.9 Å². The Morgan fingerprint density at radius 3 is 2.32 bits per heavy atom. The van der Waals surface area contributed by atoms with Gasteiger partial charge in [0.05, 0.1) is 12.0 Å². The summed E-state index contributed by atoms with van der Waals surface area (Å²) in [5.74, 6) is 1.92. The molecular weight excluding hydrogens is 364 g/mol. The number of benzene rings is 2. The first kappa shape index (κ1) is 17.2. The van der Waals surface area contributed by atoms with Gasteiger partial charge in [0.1, 0.15) is 6.10 Å². The molecule has 7 nitrogen and oxygen atoms in total. The molecule has 3 atom stereocenters. The first-order valence-corrected chi connectivity index (χ1v) is 9.18. The van der Waals surface area contributed by atoms with Crippen molar-refractivity contribution in [3.63, 3.8) is 0 Å². The van der Waals surface area contributed by atoms with Crippen LogP contribution in [0, 0.1) is 11.3 Å². The fraction of sp³-hybridized carbons (Fsp3) is 0.381. The Labute approximate surface area is 161 Å². The molecule has 28 heavy (non-hydrogen) atoms. The lowest BCUT2D eigenvalue weighted by Crippen LogP contribution is -2.34. The van der Waals surface area contributed by atoms with Crippen LogP contribution in [0.25, 0.3) is 0 Å². The van der Waals surface area contributed by atoms with E-state index < -0.39 is 17.4 Å². The first-order valence-electron chi connectivity index (χ1n) is 9.18. The number of aliphatic hydroxyl groups is 1. The van der Waals surface area contributed by atoms with E-state index >= 15 is 0 Å². The smallest absolute Gasteiger partial charge is 0.313 e. The highest BCUT2D eigenvalue weighted by Crippen LogP contribution is 2.50. The zero-order valence-electron chi connectivity index (χ0n) is 15.3. The number of esters is 1. The highest BCUT2D eigenvalue weighted by molar-refractivity contribution is 5.80. The summed E-state index contributed by atoms with van der Waals surface area (Å²) in [7, 11) is 0. The molecule has 0 amide bonds. The summed E-state index contributed by atoms with van der Waals surface area (Å²) >= 11 is 0. The second kappa shape index (κ2) is 6.31. The molecule has 0 bridgehead atoms. The SMILES string of the molecule is C[C@]1(Cc2ccc3c(c2)OCO3)C(=O)O[C@H](c2ccc3c(c2)OCO3)[C@H]1CO. The second-order valence-corrected chi connectivity index (χ2v) is 7.51. The standard InChI is InChI=1S/C21H20O7/c1-21(8-12-2-4-15-17(6-12)26-10-24-15)14(9-22)19(28-20(21)23)13-3-5-16-18(7-13)27-11-25-16/h2-7,14,19,22H,8-11H2,1H3/t14-,19-,21-/m1/s1. The van der Waals surface area contributed by atoms with Gasteiger partial charge in [-0.2, -0.15) is 0 Å². The largest absolute Gasteiger partial charge is 0.457 e. The van der Waals surface area contributed by atoms with Crippen LogP contribution in [0.15, 0.2) is 36.4 Å². The lowest BCUT2D eigenvalue weighted by Gasteiger charge is -2.27. The fourth-order valence-electron chi connectivity index (χ4n) is 4.18. The summed E-state index contributed by atoms with van der Waals surface area (Å²) in [4.78, 5) is 12.9. The Morgan fingerprint density at radius 2 is 1.61 bits per heavy atom. The Hall–Kier alpha value is -2.93. The van der Waals surface area contributed by atoms with Gasteiger partial charge in [0.15, 0.2) is 23.0 Å². The predicted octanol–water partition coefficient (Wildman–Crippen LogP) is 2.60. The number of hydrogen-bond donors (Lipinski definition) is 1. The number of ether oxygens (including phenoxy) is 5. The minimum absolute atomic E-state index is 0.175. The molecule has 3 aliphatic rings. The molecule has 1 N–H and O–H groups in total. The lowest BCUT2D eigenvalue weighted by molar-refractivity contribution is -0.148. The van der Waals surface area contributed by atoms with Crippen molar-refractivity contribution in [2.75, 3.05) is 20.2 Å². The van der Waals surface area contributed by atoms with Crippen LogP contribution in [0.1, 0.15) is 24.2 Å². The van der Waals surface area contributed by atoms with Crippen LogP contribution in [-0.4, -0.2) is 31.3 Å². The van der Waals surface area contributed by atoms with Crippen LogP contribution in [0.4, 0.5) is 0 Å². The lowest BCUT2D eigenvalue weighted by atomic mass is 9.71. The summed E-state index contributed by atoms with van der Waals surface area (Å²) in [5, 5.41) is 10.1. The van der Waals surface area contributed by atoms with E-state index in [2.05, 4.69) is 0 Å². The number of fused-ring (bicyclic) bond motifs is 2. The summed E-state index contributed by atoms with van der Waals surface area (Å²) < 4.78 is 27.3. The van der Waals surface area contributed by atoms with E-state index in [0.29, 0.717) is 29.4 Å². The van der Waals surface area contributed by atoms with E-state index in [-0.39, 0.29) is 26.2 Å². The van der Waals surface area contributed by atoms with Crippen molar-refractivity contribution in [2.24, 2.45) is 11.3 Å². The first-order chi connectivity index (χ1) is 13.6. The topological polar surface area (TPSA) is 83.5 Å². The van der Waals surface area contributed by atoms with E-state index in [4.69, 9.17) is 23.7 Å². The van der Waals surface area contributed by atoms with Gasteiger partial charge in [-0.1, -0.05) is 12.1 Å². The number of carbonyl (C=O) groups excluding carboxylic acids is 1. The van der Waals surface area contributed by atoms with Gasteiger partial charge in [-0.05, 0) is 48.7 Å². The van der Waals surface area contributed by atoms with Crippen molar-refractivity contribution in [1.82, 2.24) is 0 Å². The minimum Gasteiger partial charge on any atom is -0.457 e. The van der Waals surface area contributed by atoms with E-state index in [0.717, 1.165) is 11.1 Å². The van der Waals surface area contributed by atoms with E-state index in [9.17, 15) is 9.90 Å². The molecule has 0 saturated carbocycles. The van der Waals surface area contributed by atoms with Gasteiger partial charge in [-0.15, -0.1) is 0 Å². The molecule has 0 spiro atoms. The molecule has 0 radical (unpaired) electrons. The second-order valence-electron chi connectivity index (χ2n) is 7.51. The Kier molecular flexibility index (Phi) is 3.87. The molecule has 0 unspecified atom stereocenters. The van der Waals surface area contributed by atoms with Gasteiger partial charge in [-0.3, -0.25) is 4.79 Å². The molecule has 146 valence electrons. The van der Waals surface area contributed by atoms with E-state index in [1.807, 2.05) is 37.3 Å². The third-order valence-electron chi connectivity index (χ3n) is 5.81. The number of aliphatic hydroxyl groups excluding tert-OH is 1. The molecule has 1 fully saturated rings. The predicted molar refractivity (Wildman–Crippen MR) is 96.3 cm³/mol. The maximum atomic E-state index is 12.9. The molecule has 3 aliphatic heterocycles. The molecule has 2 aromatic carbocycles. The van der Waals surface area contributed by atoms with Gasteiger partial charge in [0.2, 0.25) is 13.6 Å². The van der Waals surface area contributed by atoms with Crippen LogP contribution in [0.2, 0.25) is 0 Å². The zero-order valence-corrected chi connectivity index (χ0v) is 15.3. The maximum Gasteiger partial charge on any atom is 0.313 e. The average molecular weight is 384 g/mol. The number of carbonyl (C=O) groups is 1. The summed E-state index contributed by atoms with van der Waals surface area (Å²) in [6, 6.07) is 11.1. The highest BCUT2D eigenvalue weighted by atomic mass is 16.7. The molecule has 2 aromatic rings. The molecule has 3 heterocycles. The van der Waals surface area contributed by atoms with Crippen LogP contribution in [0.5, 0.6) is 23.0 Å². The Bertz CT molecular complexity index is 940. The monoisotopic (exact) mass is 384 g/mol. The number of cyclic esters (lactones) is 1. The van der Waals surface area contributed by atoms with Crippen molar-refractivity contribution < 1.29 is 33.6 Å². The van der Waals surface area contributed by atoms with Gasteiger partial charge in [0, 0.05) is 5.92 Å². The van der Waals surface area contributed by atoms with Crippen molar-refractivity contribution in [3.8, 4) is 23.0 Å². The van der Waals surface area contributed by atoms with Crippen LogP contribution in [0.3, 0.4) is 0 Å². The average Bonchev–Trinajstić information content (AvgIpc) is 3.39. The van der Waals surface area contributed by atoms with Crippen molar-refractivity contribution in [2.45, 2.75) is 19.4 Å². The van der Waals surface area contributed by atoms with E-state index in [1.165, 1.54) is 0 Å². The maximum absolute atomic E-state index is 12.9. The van der Waals surface area contributed by atoms with Gasteiger partial charge >= 0.3 is 5.97 Å². The Morgan fingerprint density at radius 1 is 0.964 bits per heavy atom. The normalized spacial score (nSPS) is 27.1. The summed E-state index contributed by atoms with van der Waals surface area (Å²) in [5.41, 5.74) is 0.836. The molecular formula is C21H20O7. The highest BCUT2D eigenvalue weighted by Gasteiger charge is 2.54. The third-order valence-corrected chi connectivity index (χ3v) is 5.81. The summed E-state index contributed by atoms with van der Waals surface area (Å²) in [6.45, 7) is 2.04. The number of hydrogen-bond acceptors (Lipinski definition) is 7. The summed E-state index contributed by atoms with van der Waals surface area (Å²) in [6.07, 6.45) is -0.125. The van der Waals surface area contributed by atoms with Gasteiger partial charge in [0.25, 0.3) is 0 Å². The quantitative estimate of drug-likeness (QED) is 0.811. The molecule has 0 aromatic heterocycles. The van der Waals surface area contributed by atoms with Crippen LogP contribution in [-0.2, 0) is 16.0 Å². The third kappa shape index (κ3) is 2.57. The van der Waals surface area contributed by atoms with E-state index in [1.54, 1.807) is 6.07 Å². The van der Waals surface area contributed by atoms with Crippen molar-refractivity contribution in [3.05, 3.63) is 47.5 Å². The van der Waals surface area contributed by atoms with Gasteiger partial charge < -0.3 is 28.8 Å². The molecule has 5 rings (SSSR count). The molecule has 0 aliphatic carbocycles. The van der Waals surface area contributed by atoms with Crippen LogP contribution >= 0.6 is 0 Å².